The van der Waals surface area contributed by atoms with Crippen LogP contribution in [0.3, 0.4) is 0 Å². The summed E-state index contributed by atoms with van der Waals surface area (Å²) in [5, 5.41) is 5.92. The van der Waals surface area contributed by atoms with Crippen molar-refractivity contribution in [1.29, 1.82) is 0 Å². The normalized spacial score (nSPS) is 21.8. The summed E-state index contributed by atoms with van der Waals surface area (Å²) in [6.45, 7) is 0. The van der Waals surface area contributed by atoms with Crippen molar-refractivity contribution in [3.8, 4) is 0 Å². The van der Waals surface area contributed by atoms with Gasteiger partial charge in [-0.1, -0.05) is 0 Å². The minimum Gasteiger partial charge on any atom is -0.365 e. The number of carbonyl (C=O) groups excluding carboxylic acids is 1. The van der Waals surface area contributed by atoms with Crippen molar-refractivity contribution in [2.24, 2.45) is 11.5 Å². The maximum absolute atomic E-state index is 13.8. The number of hydrogen-bond donors (Lipinski definition) is 4. The number of halogens is 2. The molecule has 1 fully saturated rings. The number of amides is 1. The first-order valence-corrected chi connectivity index (χ1v) is 8.24. The minimum atomic E-state index is -2.92. The van der Waals surface area contributed by atoms with Crippen LogP contribution in [0.2, 0.25) is 0 Å². The first kappa shape index (κ1) is 18.0. The second-order valence-corrected chi connectivity index (χ2v) is 6.25. The van der Waals surface area contributed by atoms with E-state index in [-0.39, 0.29) is 17.8 Å². The summed E-state index contributed by atoms with van der Waals surface area (Å²) < 4.78 is 27.6. The molecular weight excluding hydrogens is 342 g/mol. The molecule has 1 aliphatic carbocycles. The Bertz CT molecular complexity index is 786. The van der Waals surface area contributed by atoms with E-state index in [1.54, 1.807) is 24.5 Å². The molecule has 0 bridgehead atoms. The minimum absolute atomic E-state index is 0.178. The highest BCUT2D eigenvalue weighted by Gasteiger charge is 2.44. The lowest BCUT2D eigenvalue weighted by Crippen LogP contribution is -2.55. The Morgan fingerprint density at radius 1 is 1.31 bits per heavy atom. The molecule has 138 valence electrons. The van der Waals surface area contributed by atoms with Crippen LogP contribution in [0.15, 0.2) is 36.7 Å². The van der Waals surface area contributed by atoms with E-state index in [0.717, 1.165) is 0 Å². The van der Waals surface area contributed by atoms with Gasteiger partial charge in [0.15, 0.2) is 0 Å². The predicted molar refractivity (Wildman–Crippen MR) is 94.5 cm³/mol. The first-order chi connectivity index (χ1) is 12.4. The van der Waals surface area contributed by atoms with Gasteiger partial charge in [-0.2, -0.15) is 0 Å². The van der Waals surface area contributed by atoms with E-state index in [9.17, 15) is 13.6 Å². The molecule has 3 rings (SSSR count). The molecular formula is C17H20F2N6O. The molecule has 0 aromatic carbocycles. The van der Waals surface area contributed by atoms with Gasteiger partial charge in [0.2, 0.25) is 0 Å². The van der Waals surface area contributed by atoms with E-state index >= 15 is 0 Å². The Morgan fingerprint density at radius 3 is 2.81 bits per heavy atom. The number of nitrogens with two attached hydrogens (primary N) is 2. The topological polar surface area (TPSA) is 119 Å². The van der Waals surface area contributed by atoms with E-state index in [2.05, 4.69) is 20.6 Å². The lowest BCUT2D eigenvalue weighted by Gasteiger charge is -2.36. The summed E-state index contributed by atoms with van der Waals surface area (Å²) in [6, 6.07) is 4.56. The molecule has 9 heteroatoms. The summed E-state index contributed by atoms with van der Waals surface area (Å²) in [6.07, 6.45) is 3.84. The van der Waals surface area contributed by atoms with Crippen molar-refractivity contribution in [2.75, 3.05) is 10.6 Å². The number of alkyl halides is 2. The fourth-order valence-corrected chi connectivity index (χ4v) is 2.96. The van der Waals surface area contributed by atoms with Gasteiger partial charge in [0.25, 0.3) is 11.8 Å². The molecule has 0 spiro atoms. The van der Waals surface area contributed by atoms with Crippen molar-refractivity contribution in [3.05, 3.63) is 42.2 Å². The number of nitrogens with zero attached hydrogens (tertiary/aromatic N) is 2. The largest absolute Gasteiger partial charge is 0.365 e. The molecule has 1 saturated carbocycles. The van der Waals surface area contributed by atoms with Gasteiger partial charge in [0.1, 0.15) is 11.6 Å². The van der Waals surface area contributed by atoms with E-state index in [1.165, 1.54) is 12.1 Å². The number of hydrogen-bond acceptors (Lipinski definition) is 6. The SMILES string of the molecule is NC(=O)c1ccc(N[C@@H]2CCCC(F)(F)[C@@H]2N)nc1Nc1cccnc1. The Balaban J connectivity index is 1.84. The van der Waals surface area contributed by atoms with E-state index in [1.807, 2.05) is 0 Å². The Kier molecular flexibility index (Phi) is 4.99. The number of rotatable bonds is 5. The van der Waals surface area contributed by atoms with Gasteiger partial charge in [-0.25, -0.2) is 13.8 Å². The average molecular weight is 362 g/mol. The number of carbonyl (C=O) groups is 1. The van der Waals surface area contributed by atoms with Crippen molar-refractivity contribution in [3.63, 3.8) is 0 Å². The van der Waals surface area contributed by atoms with Crippen LogP contribution in [0, 0.1) is 0 Å². The number of primary amides is 1. The standard InChI is InChI=1S/C17H20F2N6O/c18-17(19)7-1-4-12(14(17)20)24-13-6-5-11(15(21)26)16(25-13)23-10-3-2-8-22-9-10/h2-3,5-6,8-9,12,14H,1,4,7,20H2,(H2,21,26)(H2,23,24,25)/t12-,14-/m1/s1. The van der Waals surface area contributed by atoms with Crippen molar-refractivity contribution < 1.29 is 13.6 Å². The summed E-state index contributed by atoms with van der Waals surface area (Å²) in [5.41, 5.74) is 11.9. The number of aromatic nitrogens is 2. The third kappa shape index (κ3) is 3.88. The third-order valence-corrected chi connectivity index (χ3v) is 4.36. The van der Waals surface area contributed by atoms with Crippen LogP contribution in [-0.2, 0) is 0 Å². The van der Waals surface area contributed by atoms with Gasteiger partial charge in [-0.05, 0) is 37.1 Å². The molecule has 7 nitrogen and oxygen atoms in total. The fourth-order valence-electron chi connectivity index (χ4n) is 2.96. The van der Waals surface area contributed by atoms with Gasteiger partial charge in [0.05, 0.1) is 23.5 Å². The Labute approximate surface area is 149 Å². The Hall–Kier alpha value is -2.81. The fraction of sp³-hybridized carbons (Fsp3) is 0.353. The lowest BCUT2D eigenvalue weighted by molar-refractivity contribution is -0.0554. The zero-order chi connectivity index (χ0) is 18.7. The monoisotopic (exact) mass is 362 g/mol. The van der Waals surface area contributed by atoms with E-state index in [0.29, 0.717) is 24.3 Å². The molecule has 0 radical (unpaired) electrons. The van der Waals surface area contributed by atoms with Gasteiger partial charge in [0, 0.05) is 18.7 Å². The summed E-state index contributed by atoms with van der Waals surface area (Å²) in [4.78, 5) is 19.9. The molecule has 2 aromatic heterocycles. The lowest BCUT2D eigenvalue weighted by atomic mass is 9.87. The van der Waals surface area contributed by atoms with Crippen LogP contribution in [0.5, 0.6) is 0 Å². The van der Waals surface area contributed by atoms with Gasteiger partial charge >= 0.3 is 0 Å². The molecule has 0 aliphatic heterocycles. The van der Waals surface area contributed by atoms with Crippen LogP contribution < -0.4 is 22.1 Å². The molecule has 1 aliphatic rings. The van der Waals surface area contributed by atoms with Crippen LogP contribution in [-0.4, -0.2) is 33.9 Å². The predicted octanol–water partition coefficient (Wildman–Crippen LogP) is 2.25. The molecule has 2 aromatic rings. The number of nitrogens with one attached hydrogen (secondary N) is 2. The van der Waals surface area contributed by atoms with Crippen molar-refractivity contribution >= 4 is 23.2 Å². The Morgan fingerprint density at radius 2 is 2.12 bits per heavy atom. The van der Waals surface area contributed by atoms with Gasteiger partial charge < -0.3 is 22.1 Å². The molecule has 1 amide bonds. The molecule has 6 N–H and O–H groups in total. The van der Waals surface area contributed by atoms with Crippen LogP contribution in [0.1, 0.15) is 29.6 Å². The van der Waals surface area contributed by atoms with Crippen molar-refractivity contribution in [2.45, 2.75) is 37.3 Å². The maximum Gasteiger partial charge on any atom is 0.264 e. The summed E-state index contributed by atoms with van der Waals surface area (Å²) >= 11 is 0. The molecule has 2 atom stereocenters. The average Bonchev–Trinajstić information content (AvgIpc) is 2.60. The molecule has 0 unspecified atom stereocenters. The molecule has 2 heterocycles. The van der Waals surface area contributed by atoms with Crippen LogP contribution in [0.25, 0.3) is 0 Å². The van der Waals surface area contributed by atoms with Crippen LogP contribution >= 0.6 is 0 Å². The summed E-state index contributed by atoms with van der Waals surface area (Å²) in [5.74, 6) is -3.03. The first-order valence-electron chi connectivity index (χ1n) is 8.24. The number of anilines is 3. The second kappa shape index (κ2) is 7.20. The molecule has 0 saturated heterocycles. The highest BCUT2D eigenvalue weighted by Crippen LogP contribution is 2.34. The molecule has 26 heavy (non-hydrogen) atoms. The quantitative estimate of drug-likeness (QED) is 0.648. The van der Waals surface area contributed by atoms with E-state index in [4.69, 9.17) is 11.5 Å². The smallest absolute Gasteiger partial charge is 0.264 e. The zero-order valence-electron chi connectivity index (χ0n) is 14.0. The van der Waals surface area contributed by atoms with Gasteiger partial charge in [-0.3, -0.25) is 9.78 Å². The highest BCUT2D eigenvalue weighted by atomic mass is 19.3. The van der Waals surface area contributed by atoms with Gasteiger partial charge in [-0.15, -0.1) is 0 Å². The summed E-state index contributed by atoms with van der Waals surface area (Å²) in [7, 11) is 0. The second-order valence-electron chi connectivity index (χ2n) is 6.25. The van der Waals surface area contributed by atoms with Crippen LogP contribution in [0.4, 0.5) is 26.1 Å². The highest BCUT2D eigenvalue weighted by molar-refractivity contribution is 5.98. The third-order valence-electron chi connectivity index (χ3n) is 4.36. The van der Waals surface area contributed by atoms with E-state index < -0.39 is 23.9 Å². The zero-order valence-corrected chi connectivity index (χ0v) is 14.0. The maximum atomic E-state index is 13.8. The number of pyridine rings is 2. The van der Waals surface area contributed by atoms with Crippen molar-refractivity contribution in [1.82, 2.24) is 9.97 Å².